The summed E-state index contributed by atoms with van der Waals surface area (Å²) in [6, 6.07) is 5.37. The molecule has 0 saturated carbocycles. The van der Waals surface area contributed by atoms with Crippen LogP contribution in [-0.2, 0) is 21.6 Å². The molecule has 0 bridgehead atoms. The first-order valence-corrected chi connectivity index (χ1v) is 8.80. The minimum atomic E-state index is -1.65. The molecular formula is C19H22FN5O5. The van der Waals surface area contributed by atoms with Gasteiger partial charge in [-0.25, -0.2) is 9.37 Å². The van der Waals surface area contributed by atoms with E-state index in [0.29, 0.717) is 5.56 Å². The highest BCUT2D eigenvalue weighted by atomic mass is 19.1. The maximum atomic E-state index is 13.0. The van der Waals surface area contributed by atoms with Crippen LogP contribution in [0.25, 0.3) is 0 Å². The predicted octanol–water partition coefficient (Wildman–Crippen LogP) is 0.562. The third-order valence-electron chi connectivity index (χ3n) is 4.27. The first kappa shape index (κ1) is 22.7. The molecule has 11 heteroatoms. The molecule has 2 rings (SSSR count). The average molecular weight is 419 g/mol. The lowest BCUT2D eigenvalue weighted by Gasteiger charge is -2.32. The Morgan fingerprint density at radius 3 is 2.47 bits per heavy atom. The van der Waals surface area contributed by atoms with E-state index >= 15 is 0 Å². The first-order valence-electron chi connectivity index (χ1n) is 8.80. The van der Waals surface area contributed by atoms with E-state index < -0.39 is 40.2 Å². The summed E-state index contributed by atoms with van der Waals surface area (Å²) in [5.74, 6) is -3.01. The molecule has 1 unspecified atom stereocenters. The molecule has 30 heavy (non-hydrogen) atoms. The van der Waals surface area contributed by atoms with Crippen LogP contribution in [0.1, 0.15) is 35.7 Å². The third kappa shape index (κ3) is 4.87. The summed E-state index contributed by atoms with van der Waals surface area (Å²) < 4.78 is 18.1. The Balaban J connectivity index is 2.45. The maximum absolute atomic E-state index is 13.0. The SMILES string of the molecule is COCC(NC(C)=O)(C(C)=N)c1nc(C(=O)NCc2ccc(F)cc2)c(O)c(=O)[nH]1. The van der Waals surface area contributed by atoms with Crippen molar-refractivity contribution in [3.63, 3.8) is 0 Å². The zero-order chi connectivity index (χ0) is 22.5. The molecule has 10 nitrogen and oxygen atoms in total. The summed E-state index contributed by atoms with van der Waals surface area (Å²) in [6.45, 7) is 2.31. The minimum absolute atomic E-state index is 0.0130. The number of methoxy groups -OCH3 is 1. The summed E-state index contributed by atoms with van der Waals surface area (Å²) in [7, 11) is 1.33. The minimum Gasteiger partial charge on any atom is -0.501 e. The van der Waals surface area contributed by atoms with Gasteiger partial charge in [-0.3, -0.25) is 14.4 Å². The van der Waals surface area contributed by atoms with E-state index in [-0.39, 0.29) is 24.7 Å². The van der Waals surface area contributed by atoms with Gasteiger partial charge in [-0.1, -0.05) is 12.1 Å². The fraction of sp³-hybridized carbons (Fsp3) is 0.316. The molecule has 0 spiro atoms. The Morgan fingerprint density at radius 2 is 1.93 bits per heavy atom. The number of hydrogen-bond donors (Lipinski definition) is 5. The van der Waals surface area contributed by atoms with Crippen LogP contribution in [0.2, 0.25) is 0 Å². The van der Waals surface area contributed by atoms with Gasteiger partial charge < -0.3 is 30.9 Å². The highest BCUT2D eigenvalue weighted by molar-refractivity contribution is 5.96. The highest BCUT2D eigenvalue weighted by Crippen LogP contribution is 2.21. The van der Waals surface area contributed by atoms with Gasteiger partial charge in [-0.2, -0.15) is 0 Å². The van der Waals surface area contributed by atoms with Crippen LogP contribution in [0.4, 0.5) is 4.39 Å². The van der Waals surface area contributed by atoms with Crippen LogP contribution < -0.4 is 16.2 Å². The van der Waals surface area contributed by atoms with Crippen molar-refractivity contribution in [3.8, 4) is 5.75 Å². The Bertz CT molecular complexity index is 1020. The van der Waals surface area contributed by atoms with Gasteiger partial charge in [0.2, 0.25) is 11.7 Å². The Morgan fingerprint density at radius 1 is 1.30 bits per heavy atom. The monoisotopic (exact) mass is 419 g/mol. The van der Waals surface area contributed by atoms with Crippen LogP contribution in [0.15, 0.2) is 29.1 Å². The molecule has 0 radical (unpaired) electrons. The molecule has 1 aromatic carbocycles. The fourth-order valence-corrected chi connectivity index (χ4v) is 2.76. The van der Waals surface area contributed by atoms with Crippen molar-refractivity contribution in [2.75, 3.05) is 13.7 Å². The Hall–Kier alpha value is -3.60. The lowest BCUT2D eigenvalue weighted by Crippen LogP contribution is -2.55. The smallest absolute Gasteiger partial charge is 0.294 e. The second-order valence-electron chi connectivity index (χ2n) is 6.57. The molecular weight excluding hydrogens is 397 g/mol. The molecule has 5 N–H and O–H groups in total. The van der Waals surface area contributed by atoms with E-state index in [1.807, 2.05) is 0 Å². The van der Waals surface area contributed by atoms with Gasteiger partial charge in [0.05, 0.1) is 6.61 Å². The van der Waals surface area contributed by atoms with Crippen LogP contribution >= 0.6 is 0 Å². The van der Waals surface area contributed by atoms with E-state index in [1.54, 1.807) is 0 Å². The highest BCUT2D eigenvalue weighted by Gasteiger charge is 2.40. The van der Waals surface area contributed by atoms with E-state index in [9.17, 15) is 23.9 Å². The summed E-state index contributed by atoms with van der Waals surface area (Å²) in [5.41, 5.74) is -2.82. The number of aromatic hydroxyl groups is 1. The first-order chi connectivity index (χ1) is 14.1. The number of nitrogens with zero attached hydrogens (tertiary/aromatic N) is 1. The number of halogens is 1. The number of amides is 2. The molecule has 0 aliphatic heterocycles. The molecule has 2 aromatic rings. The average Bonchev–Trinajstić information content (AvgIpc) is 2.68. The zero-order valence-electron chi connectivity index (χ0n) is 16.6. The summed E-state index contributed by atoms with van der Waals surface area (Å²) in [6.07, 6.45) is 0. The van der Waals surface area contributed by atoms with Crippen LogP contribution in [0.3, 0.4) is 0 Å². The second kappa shape index (κ2) is 9.27. The predicted molar refractivity (Wildman–Crippen MR) is 105 cm³/mol. The van der Waals surface area contributed by atoms with Crippen LogP contribution in [0.5, 0.6) is 5.75 Å². The van der Waals surface area contributed by atoms with Gasteiger partial charge in [0, 0.05) is 26.3 Å². The van der Waals surface area contributed by atoms with Gasteiger partial charge in [0.15, 0.2) is 11.2 Å². The van der Waals surface area contributed by atoms with Crippen molar-refractivity contribution < 1.29 is 23.8 Å². The lowest BCUT2D eigenvalue weighted by atomic mass is 9.93. The van der Waals surface area contributed by atoms with Gasteiger partial charge >= 0.3 is 0 Å². The Labute approximate surface area is 171 Å². The second-order valence-corrected chi connectivity index (χ2v) is 6.57. The molecule has 2 amide bonds. The molecule has 0 saturated heterocycles. The van der Waals surface area contributed by atoms with E-state index in [1.165, 1.54) is 45.2 Å². The largest absolute Gasteiger partial charge is 0.501 e. The van der Waals surface area contributed by atoms with Crippen LogP contribution in [0, 0.1) is 11.2 Å². The molecule has 0 fully saturated rings. The van der Waals surface area contributed by atoms with Crippen molar-refractivity contribution in [3.05, 3.63) is 57.5 Å². The number of rotatable bonds is 8. The van der Waals surface area contributed by atoms with Crippen molar-refractivity contribution in [2.24, 2.45) is 0 Å². The topological polar surface area (TPSA) is 157 Å². The van der Waals surface area contributed by atoms with Crippen molar-refractivity contribution in [1.29, 1.82) is 5.41 Å². The number of H-pyrrole nitrogens is 1. The number of ether oxygens (including phenoxy) is 1. The fourth-order valence-electron chi connectivity index (χ4n) is 2.76. The van der Waals surface area contributed by atoms with E-state index in [4.69, 9.17) is 10.1 Å². The molecule has 160 valence electrons. The number of benzene rings is 1. The molecule has 0 aliphatic rings. The zero-order valence-corrected chi connectivity index (χ0v) is 16.6. The summed E-state index contributed by atoms with van der Waals surface area (Å²) in [5, 5.41) is 23.1. The molecule has 1 atom stereocenters. The van der Waals surface area contributed by atoms with Gasteiger partial charge in [-0.05, 0) is 24.6 Å². The quantitative estimate of drug-likeness (QED) is 0.394. The summed E-state index contributed by atoms with van der Waals surface area (Å²) >= 11 is 0. The normalized spacial score (nSPS) is 12.7. The van der Waals surface area contributed by atoms with Crippen molar-refractivity contribution >= 4 is 17.5 Å². The number of aromatic amines is 1. The summed E-state index contributed by atoms with van der Waals surface area (Å²) in [4.78, 5) is 42.8. The molecule has 1 aromatic heterocycles. The number of carbonyl (C=O) groups is 2. The Kier molecular flexibility index (Phi) is 7.01. The molecule has 1 heterocycles. The molecule has 0 aliphatic carbocycles. The van der Waals surface area contributed by atoms with Crippen molar-refractivity contribution in [2.45, 2.75) is 25.9 Å². The van der Waals surface area contributed by atoms with E-state index in [2.05, 4.69) is 20.6 Å². The number of aromatic nitrogens is 2. The lowest BCUT2D eigenvalue weighted by molar-refractivity contribution is -0.120. The maximum Gasteiger partial charge on any atom is 0.294 e. The van der Waals surface area contributed by atoms with Gasteiger partial charge in [0.25, 0.3) is 11.5 Å². The third-order valence-corrected chi connectivity index (χ3v) is 4.27. The number of nitrogens with one attached hydrogen (secondary N) is 4. The van der Waals surface area contributed by atoms with Crippen LogP contribution in [-0.4, -0.2) is 46.3 Å². The van der Waals surface area contributed by atoms with Gasteiger partial charge in [-0.15, -0.1) is 0 Å². The standard InChI is InChI=1S/C19H22FN5O5/c1-10(21)19(9-30-3,25-11(2)26)18-23-14(15(27)17(29)24-18)16(28)22-8-12-4-6-13(20)7-5-12/h4-7,21,27H,8-9H2,1-3H3,(H,22,28)(H,25,26)(H,23,24,29). The van der Waals surface area contributed by atoms with E-state index in [0.717, 1.165) is 0 Å². The number of carbonyl (C=O) groups excluding carboxylic acids is 2. The van der Waals surface area contributed by atoms with Crippen molar-refractivity contribution in [1.82, 2.24) is 20.6 Å². The number of hydrogen-bond acceptors (Lipinski definition) is 7. The van der Waals surface area contributed by atoms with Gasteiger partial charge in [0.1, 0.15) is 11.6 Å².